The number of aromatic nitrogens is 4. The number of thiophene rings is 1. The van der Waals surface area contributed by atoms with Crippen LogP contribution in [-0.2, 0) is 16.1 Å². The molecule has 142 valence electrons. The molecule has 0 unspecified atom stereocenters. The van der Waals surface area contributed by atoms with Gasteiger partial charge in [0.05, 0.1) is 19.2 Å². The Morgan fingerprint density at radius 3 is 2.93 bits per heavy atom. The van der Waals surface area contributed by atoms with Gasteiger partial charge in [0, 0.05) is 22.1 Å². The van der Waals surface area contributed by atoms with E-state index >= 15 is 0 Å². The number of nitrogens with zero attached hydrogens (tertiary/aromatic N) is 4. The van der Waals surface area contributed by atoms with Gasteiger partial charge in [0.2, 0.25) is 17.8 Å². The first-order chi connectivity index (χ1) is 13.7. The topological polar surface area (TPSA) is 113 Å². The van der Waals surface area contributed by atoms with Crippen LogP contribution < -0.4 is 16.0 Å². The highest BCUT2D eigenvalue weighted by molar-refractivity contribution is 7.09. The van der Waals surface area contributed by atoms with Crippen molar-refractivity contribution in [1.82, 2.24) is 24.9 Å². The molecule has 1 saturated heterocycles. The Morgan fingerprint density at radius 1 is 1.32 bits per heavy atom. The molecule has 28 heavy (non-hydrogen) atoms. The van der Waals surface area contributed by atoms with E-state index in [4.69, 9.17) is 0 Å². The van der Waals surface area contributed by atoms with E-state index in [2.05, 4.69) is 31.0 Å². The minimum Gasteiger partial charge on any atom is -0.351 e. The summed E-state index contributed by atoms with van der Waals surface area (Å²) in [6.07, 6.45) is 5.57. The summed E-state index contributed by atoms with van der Waals surface area (Å²) in [6, 6.07) is 4.44. The van der Waals surface area contributed by atoms with Crippen LogP contribution in [0.5, 0.6) is 0 Å². The number of carbonyl (C=O) groups excluding carboxylic acids is 2. The van der Waals surface area contributed by atoms with Crippen LogP contribution >= 0.6 is 11.3 Å². The summed E-state index contributed by atoms with van der Waals surface area (Å²) in [5.74, 6) is 0.427. The fraction of sp³-hybridized carbons (Fsp3) is 0.278. The van der Waals surface area contributed by atoms with E-state index in [1.165, 1.54) is 4.88 Å². The SMILES string of the molecule is O=C1C/C(=C\c2cnn3c(NC4CC4)nc(NCc4cccs4)nc23)C(=O)N1. The van der Waals surface area contributed by atoms with Gasteiger partial charge in [-0.25, -0.2) is 0 Å². The average molecular weight is 395 g/mol. The van der Waals surface area contributed by atoms with Crippen molar-refractivity contribution < 1.29 is 9.59 Å². The molecule has 0 spiro atoms. The maximum Gasteiger partial charge on any atom is 0.254 e. The van der Waals surface area contributed by atoms with E-state index < -0.39 is 0 Å². The molecule has 1 saturated carbocycles. The Morgan fingerprint density at radius 2 is 2.21 bits per heavy atom. The van der Waals surface area contributed by atoms with Crippen molar-refractivity contribution in [2.75, 3.05) is 10.6 Å². The molecule has 1 aliphatic heterocycles. The van der Waals surface area contributed by atoms with Crippen LogP contribution in [-0.4, -0.2) is 37.4 Å². The van der Waals surface area contributed by atoms with E-state index in [9.17, 15) is 9.59 Å². The second kappa shape index (κ2) is 6.71. The third-order valence-corrected chi connectivity index (χ3v) is 5.41. The molecular weight excluding hydrogens is 378 g/mol. The quantitative estimate of drug-likeness (QED) is 0.431. The predicted octanol–water partition coefficient (Wildman–Crippen LogP) is 1.80. The van der Waals surface area contributed by atoms with Gasteiger partial charge in [-0.15, -0.1) is 11.3 Å². The van der Waals surface area contributed by atoms with Gasteiger partial charge in [-0.2, -0.15) is 19.6 Å². The first kappa shape index (κ1) is 16.9. The number of hydrogen-bond acceptors (Lipinski definition) is 8. The zero-order chi connectivity index (χ0) is 19.1. The monoisotopic (exact) mass is 395 g/mol. The molecule has 1 aliphatic carbocycles. The van der Waals surface area contributed by atoms with Crippen molar-refractivity contribution in [1.29, 1.82) is 0 Å². The van der Waals surface area contributed by atoms with Crippen LogP contribution in [0.4, 0.5) is 11.9 Å². The van der Waals surface area contributed by atoms with Crippen molar-refractivity contribution >= 4 is 46.8 Å². The van der Waals surface area contributed by atoms with Crippen LogP contribution in [0.15, 0.2) is 29.3 Å². The molecule has 5 rings (SSSR count). The highest BCUT2D eigenvalue weighted by Crippen LogP contribution is 2.26. The number of hydrogen-bond donors (Lipinski definition) is 3. The van der Waals surface area contributed by atoms with E-state index in [0.29, 0.717) is 41.3 Å². The van der Waals surface area contributed by atoms with Crippen molar-refractivity contribution in [3.05, 3.63) is 39.7 Å². The third kappa shape index (κ3) is 3.33. The lowest BCUT2D eigenvalue weighted by Crippen LogP contribution is -2.19. The number of fused-ring (bicyclic) bond motifs is 1. The Balaban J connectivity index is 1.52. The molecule has 2 fully saturated rings. The molecule has 9 nitrogen and oxygen atoms in total. The van der Waals surface area contributed by atoms with Crippen molar-refractivity contribution in [2.45, 2.75) is 31.8 Å². The maximum atomic E-state index is 11.9. The first-order valence-corrected chi connectivity index (χ1v) is 9.87. The molecule has 10 heteroatoms. The molecule has 2 aliphatic rings. The van der Waals surface area contributed by atoms with Crippen LogP contribution in [0.25, 0.3) is 11.7 Å². The Labute approximate surface area is 163 Å². The minimum absolute atomic E-state index is 0.0674. The molecule has 0 aromatic carbocycles. The van der Waals surface area contributed by atoms with Gasteiger partial charge < -0.3 is 10.6 Å². The molecule has 3 aromatic rings. The van der Waals surface area contributed by atoms with Crippen LogP contribution in [0, 0.1) is 0 Å². The first-order valence-electron chi connectivity index (χ1n) is 8.99. The lowest BCUT2D eigenvalue weighted by atomic mass is 10.1. The van der Waals surface area contributed by atoms with Gasteiger partial charge >= 0.3 is 0 Å². The molecule has 3 N–H and O–H groups in total. The Bertz CT molecular complexity index is 1100. The number of carbonyl (C=O) groups is 2. The fourth-order valence-electron chi connectivity index (χ4n) is 2.97. The maximum absolute atomic E-state index is 11.9. The average Bonchev–Trinajstić information content (AvgIpc) is 3.05. The summed E-state index contributed by atoms with van der Waals surface area (Å²) in [4.78, 5) is 33.7. The van der Waals surface area contributed by atoms with Gasteiger partial charge in [0.25, 0.3) is 5.91 Å². The number of imide groups is 1. The molecule has 2 amide bonds. The van der Waals surface area contributed by atoms with Crippen molar-refractivity contribution in [3.63, 3.8) is 0 Å². The zero-order valence-corrected chi connectivity index (χ0v) is 15.6. The number of nitrogens with one attached hydrogen (secondary N) is 3. The Hall–Kier alpha value is -3.27. The number of rotatable bonds is 6. The van der Waals surface area contributed by atoms with Gasteiger partial charge in [0.15, 0.2) is 5.65 Å². The van der Waals surface area contributed by atoms with Gasteiger partial charge in [-0.05, 0) is 30.4 Å². The summed E-state index contributed by atoms with van der Waals surface area (Å²) in [5.41, 5.74) is 1.65. The molecule has 3 aromatic heterocycles. The molecule has 0 bridgehead atoms. The van der Waals surface area contributed by atoms with Crippen LogP contribution in [0.2, 0.25) is 0 Å². The van der Waals surface area contributed by atoms with E-state index in [1.807, 2.05) is 17.5 Å². The van der Waals surface area contributed by atoms with E-state index in [0.717, 1.165) is 12.8 Å². The van der Waals surface area contributed by atoms with Gasteiger partial charge in [0.1, 0.15) is 0 Å². The lowest BCUT2D eigenvalue weighted by molar-refractivity contribution is -0.124. The third-order valence-electron chi connectivity index (χ3n) is 4.53. The highest BCUT2D eigenvalue weighted by atomic mass is 32.1. The minimum atomic E-state index is -0.370. The van der Waals surface area contributed by atoms with Gasteiger partial charge in [-0.1, -0.05) is 6.07 Å². The molecular formula is C18H17N7O2S. The second-order valence-electron chi connectivity index (χ2n) is 6.78. The lowest BCUT2D eigenvalue weighted by Gasteiger charge is -2.09. The predicted molar refractivity (Wildman–Crippen MR) is 105 cm³/mol. The molecule has 0 radical (unpaired) electrons. The smallest absolute Gasteiger partial charge is 0.254 e. The summed E-state index contributed by atoms with van der Waals surface area (Å²) >= 11 is 1.66. The summed E-state index contributed by atoms with van der Waals surface area (Å²) in [5, 5.41) is 15.3. The molecule has 0 atom stereocenters. The fourth-order valence-corrected chi connectivity index (χ4v) is 3.61. The van der Waals surface area contributed by atoms with E-state index in [1.54, 1.807) is 28.1 Å². The highest BCUT2D eigenvalue weighted by Gasteiger charge is 2.26. The summed E-state index contributed by atoms with van der Waals surface area (Å²) in [6.45, 7) is 0.623. The summed E-state index contributed by atoms with van der Waals surface area (Å²) < 4.78 is 1.63. The number of amides is 2. The molecule has 4 heterocycles. The Kier molecular flexibility index (Phi) is 4.05. The number of anilines is 2. The second-order valence-corrected chi connectivity index (χ2v) is 7.81. The van der Waals surface area contributed by atoms with Crippen LogP contribution in [0.1, 0.15) is 29.7 Å². The van der Waals surface area contributed by atoms with Crippen molar-refractivity contribution in [2.24, 2.45) is 0 Å². The largest absolute Gasteiger partial charge is 0.351 e. The van der Waals surface area contributed by atoms with Crippen molar-refractivity contribution in [3.8, 4) is 0 Å². The van der Waals surface area contributed by atoms with E-state index in [-0.39, 0.29) is 18.2 Å². The van der Waals surface area contributed by atoms with Crippen LogP contribution in [0.3, 0.4) is 0 Å². The zero-order valence-electron chi connectivity index (χ0n) is 14.8. The van der Waals surface area contributed by atoms with Gasteiger partial charge in [-0.3, -0.25) is 14.9 Å². The normalized spacial score (nSPS) is 18.1. The standard InChI is InChI=1S/C18H17N7O2S/c26-14-7-10(16(27)22-14)6-11-8-20-25-15(11)23-17(19-9-13-2-1-5-28-13)24-18(25)21-12-3-4-12/h1-2,5-6,8,12H,3-4,7,9H2,(H,22,26,27)(H2,19,21,23,24)/b10-6+. The summed E-state index contributed by atoms with van der Waals surface area (Å²) in [7, 11) is 0.